The van der Waals surface area contributed by atoms with Crippen molar-refractivity contribution in [2.45, 2.75) is 24.8 Å². The van der Waals surface area contributed by atoms with E-state index >= 15 is 0 Å². The molecule has 202 valence electrons. The third kappa shape index (κ3) is 5.05. The zero-order valence-corrected chi connectivity index (χ0v) is 21.7. The zero-order chi connectivity index (χ0) is 27.0. The van der Waals surface area contributed by atoms with E-state index in [0.29, 0.717) is 17.7 Å². The maximum Gasteiger partial charge on any atom is 0.265 e. The van der Waals surface area contributed by atoms with E-state index in [0.717, 1.165) is 63.5 Å². The van der Waals surface area contributed by atoms with Crippen molar-refractivity contribution in [2.75, 3.05) is 44.2 Å². The predicted octanol–water partition coefficient (Wildman–Crippen LogP) is 5.21. The fourth-order valence-corrected chi connectivity index (χ4v) is 5.71. The molecule has 2 fully saturated rings. The van der Waals surface area contributed by atoms with Crippen LogP contribution in [0.2, 0.25) is 0 Å². The molecule has 2 aliphatic heterocycles. The summed E-state index contributed by atoms with van der Waals surface area (Å²) in [6, 6.07) is 18.4. The van der Waals surface area contributed by atoms with Crippen LogP contribution in [0.1, 0.15) is 30.4 Å². The molecule has 1 saturated carbocycles. The van der Waals surface area contributed by atoms with Crippen LogP contribution in [0.3, 0.4) is 0 Å². The largest absolute Gasteiger partial charge is 0.369 e. The molecular weight excluding hydrogens is 501 g/mol. The molecule has 1 amide bonds. The van der Waals surface area contributed by atoms with E-state index in [4.69, 9.17) is 4.99 Å². The Labute approximate surface area is 226 Å². The molecule has 5 nitrogen and oxygen atoms in total. The quantitative estimate of drug-likeness (QED) is 0.400. The monoisotopic (exact) mass is 532 g/mol. The summed E-state index contributed by atoms with van der Waals surface area (Å²) < 4.78 is 40.9. The molecule has 1 saturated heterocycles. The first-order valence-electron chi connectivity index (χ1n) is 13.6. The summed E-state index contributed by atoms with van der Waals surface area (Å²) >= 11 is 0. The van der Waals surface area contributed by atoms with Crippen molar-refractivity contribution in [1.82, 2.24) is 9.80 Å². The van der Waals surface area contributed by atoms with Gasteiger partial charge in [0.2, 0.25) is 0 Å². The number of anilines is 1. The van der Waals surface area contributed by atoms with E-state index in [9.17, 15) is 18.0 Å². The summed E-state index contributed by atoms with van der Waals surface area (Å²) in [5.74, 6) is -0.150. The van der Waals surface area contributed by atoms with Gasteiger partial charge in [0.25, 0.3) is 5.91 Å². The highest BCUT2D eigenvalue weighted by Gasteiger charge is 2.53. The summed E-state index contributed by atoms with van der Waals surface area (Å²) in [5.41, 5.74) is 0.846. The van der Waals surface area contributed by atoms with Crippen LogP contribution >= 0.6 is 0 Å². The van der Waals surface area contributed by atoms with Crippen molar-refractivity contribution in [3.63, 3.8) is 0 Å². The minimum atomic E-state index is -1.35. The van der Waals surface area contributed by atoms with Crippen molar-refractivity contribution in [1.29, 1.82) is 0 Å². The number of hydrogen-bond acceptors (Lipinski definition) is 4. The molecular formula is C31H31F3N4O. The predicted molar refractivity (Wildman–Crippen MR) is 145 cm³/mol. The van der Waals surface area contributed by atoms with Gasteiger partial charge in [-0.25, -0.2) is 18.2 Å². The lowest BCUT2D eigenvalue weighted by molar-refractivity contribution is -0.130. The molecule has 0 aromatic heterocycles. The Morgan fingerprint density at radius 3 is 1.74 bits per heavy atom. The number of benzene rings is 3. The average molecular weight is 533 g/mol. The highest BCUT2D eigenvalue weighted by Crippen LogP contribution is 2.45. The topological polar surface area (TPSA) is 39.2 Å². The van der Waals surface area contributed by atoms with Gasteiger partial charge in [-0.1, -0.05) is 24.3 Å². The zero-order valence-electron chi connectivity index (χ0n) is 21.7. The van der Waals surface area contributed by atoms with Gasteiger partial charge < -0.3 is 4.90 Å². The summed E-state index contributed by atoms with van der Waals surface area (Å²) in [6.45, 7) is 4.89. The molecule has 39 heavy (non-hydrogen) atoms. The van der Waals surface area contributed by atoms with Crippen molar-refractivity contribution in [2.24, 2.45) is 10.9 Å². The molecule has 3 aliphatic rings. The van der Waals surface area contributed by atoms with E-state index in [1.54, 1.807) is 24.3 Å². The van der Waals surface area contributed by atoms with Gasteiger partial charge in [-0.05, 0) is 85.5 Å². The van der Waals surface area contributed by atoms with Gasteiger partial charge in [-0.2, -0.15) is 0 Å². The fourth-order valence-electron chi connectivity index (χ4n) is 5.71. The van der Waals surface area contributed by atoms with E-state index in [-0.39, 0.29) is 29.3 Å². The van der Waals surface area contributed by atoms with Crippen molar-refractivity contribution < 1.29 is 18.0 Å². The molecule has 0 radical (unpaired) electrons. The third-order valence-electron chi connectivity index (χ3n) is 8.00. The minimum Gasteiger partial charge on any atom is -0.369 e. The summed E-state index contributed by atoms with van der Waals surface area (Å²) in [7, 11) is 0. The average Bonchev–Trinajstić information content (AvgIpc) is 3.76. The Hall–Kier alpha value is -3.65. The molecule has 0 atom stereocenters. The van der Waals surface area contributed by atoms with Gasteiger partial charge in [-0.3, -0.25) is 14.6 Å². The smallest absolute Gasteiger partial charge is 0.265 e. The minimum absolute atomic E-state index is 0.163. The number of hydrogen-bond donors (Lipinski definition) is 0. The Kier molecular flexibility index (Phi) is 6.89. The number of amides is 1. The fraction of sp³-hybridized carbons (Fsp3) is 0.355. The molecule has 6 rings (SSSR count). The number of amidine groups is 1. The first-order chi connectivity index (χ1) is 18.9. The number of nitrogens with zero attached hydrogens (tertiary/aromatic N) is 4. The van der Waals surface area contributed by atoms with Crippen LogP contribution in [0.25, 0.3) is 0 Å². The van der Waals surface area contributed by atoms with E-state index in [2.05, 4.69) is 9.80 Å². The van der Waals surface area contributed by atoms with Gasteiger partial charge in [0.05, 0.1) is 0 Å². The van der Waals surface area contributed by atoms with Gasteiger partial charge in [0.15, 0.2) is 5.54 Å². The summed E-state index contributed by atoms with van der Waals surface area (Å²) in [6.07, 6.45) is 2.75. The number of carbonyl (C=O) groups is 1. The van der Waals surface area contributed by atoms with E-state index < -0.39 is 5.54 Å². The van der Waals surface area contributed by atoms with Crippen LogP contribution in [0.15, 0.2) is 77.8 Å². The second-order valence-electron chi connectivity index (χ2n) is 10.6. The Bertz CT molecular complexity index is 1300. The SMILES string of the molecule is O=C1N(CCCN2CCN(c3ccc(F)cc3)CC2)C(C2CC2)=NC1(c1ccc(F)cc1)c1ccc(F)cc1. The molecule has 1 aliphatic carbocycles. The number of halogens is 3. The lowest BCUT2D eigenvalue weighted by Gasteiger charge is -2.36. The van der Waals surface area contributed by atoms with Crippen LogP contribution < -0.4 is 4.90 Å². The second-order valence-corrected chi connectivity index (χ2v) is 10.6. The molecule has 0 N–H and O–H groups in total. The lowest BCUT2D eigenvalue weighted by Crippen LogP contribution is -2.47. The summed E-state index contributed by atoms with van der Waals surface area (Å²) in [4.78, 5) is 25.8. The van der Waals surface area contributed by atoms with Crippen LogP contribution in [-0.4, -0.2) is 60.8 Å². The third-order valence-corrected chi connectivity index (χ3v) is 8.00. The Morgan fingerprint density at radius 1 is 0.718 bits per heavy atom. The Balaban J connectivity index is 1.17. The van der Waals surface area contributed by atoms with Crippen molar-refractivity contribution >= 4 is 17.4 Å². The summed E-state index contributed by atoms with van der Waals surface area (Å²) in [5, 5.41) is 0. The van der Waals surface area contributed by atoms with Crippen LogP contribution in [0, 0.1) is 23.4 Å². The molecule has 8 heteroatoms. The van der Waals surface area contributed by atoms with Crippen LogP contribution in [-0.2, 0) is 10.3 Å². The molecule has 2 heterocycles. The highest BCUT2D eigenvalue weighted by molar-refractivity contribution is 6.11. The molecule has 0 spiro atoms. The normalized spacial score (nSPS) is 19.5. The van der Waals surface area contributed by atoms with E-state index in [1.807, 2.05) is 17.0 Å². The van der Waals surface area contributed by atoms with Gasteiger partial charge >= 0.3 is 0 Å². The van der Waals surface area contributed by atoms with Gasteiger partial charge in [0.1, 0.15) is 23.3 Å². The second kappa shape index (κ2) is 10.5. The van der Waals surface area contributed by atoms with Crippen molar-refractivity contribution in [3.8, 4) is 0 Å². The maximum atomic E-state index is 14.2. The molecule has 0 bridgehead atoms. The molecule has 3 aromatic carbocycles. The van der Waals surface area contributed by atoms with Gasteiger partial charge in [0, 0.05) is 44.3 Å². The molecule has 0 unspecified atom stereocenters. The van der Waals surface area contributed by atoms with Crippen LogP contribution in [0.5, 0.6) is 0 Å². The van der Waals surface area contributed by atoms with Crippen molar-refractivity contribution in [3.05, 3.63) is 101 Å². The lowest BCUT2D eigenvalue weighted by atomic mass is 9.82. The molecule has 3 aromatic rings. The maximum absolute atomic E-state index is 14.2. The number of rotatable bonds is 8. The number of carbonyl (C=O) groups excluding carboxylic acids is 1. The number of aliphatic imine (C=N–C) groups is 1. The first-order valence-corrected chi connectivity index (χ1v) is 13.6. The number of piperazine rings is 1. The standard InChI is InChI=1S/C31H31F3N4O/c32-25-8-4-23(5-9-25)31(24-6-10-26(33)11-7-24)30(39)38(29(35-31)22-2-3-22)17-1-16-36-18-20-37(21-19-36)28-14-12-27(34)13-15-28/h4-15,22H,1-3,16-21H2. The van der Waals surface area contributed by atoms with Gasteiger partial charge in [-0.15, -0.1) is 0 Å². The first kappa shape index (κ1) is 25.6. The van der Waals surface area contributed by atoms with Crippen LogP contribution in [0.4, 0.5) is 18.9 Å². The highest BCUT2D eigenvalue weighted by atomic mass is 19.1. The van der Waals surface area contributed by atoms with E-state index in [1.165, 1.54) is 36.4 Å². The Morgan fingerprint density at radius 2 is 1.23 bits per heavy atom.